The highest BCUT2D eigenvalue weighted by Gasteiger charge is 2.08. The molecule has 0 aromatic heterocycles. The molecule has 5 heteroatoms. The Balaban J connectivity index is 1.85. The maximum Gasteiger partial charge on any atom is 0.243 e. The average molecular weight is 356 g/mol. The fourth-order valence-electron chi connectivity index (χ4n) is 2.22. The van der Waals surface area contributed by atoms with Crippen LogP contribution in [0.25, 0.3) is 0 Å². The molecule has 0 bridgehead atoms. The molecule has 0 saturated carbocycles. The lowest BCUT2D eigenvalue weighted by molar-refractivity contribution is -0.114. The summed E-state index contributed by atoms with van der Waals surface area (Å²) in [6, 6.07) is 15.1. The van der Waals surface area contributed by atoms with E-state index in [1.54, 1.807) is 0 Å². The van der Waals surface area contributed by atoms with E-state index in [0.29, 0.717) is 30.6 Å². The maximum absolute atomic E-state index is 12.2. The van der Waals surface area contributed by atoms with Gasteiger partial charge in [0.15, 0.2) is 0 Å². The van der Waals surface area contributed by atoms with Crippen LogP contribution in [0.1, 0.15) is 27.2 Å². The third-order valence-electron chi connectivity index (χ3n) is 3.51. The molecule has 1 amide bonds. The largest absolute Gasteiger partial charge is 0.494 e. The van der Waals surface area contributed by atoms with E-state index in [9.17, 15) is 4.79 Å². The number of para-hydroxylation sites is 2. The molecule has 0 aliphatic carbocycles. The number of hydrogen-bond donors (Lipinski definition) is 2. The van der Waals surface area contributed by atoms with Crippen LogP contribution in [0.2, 0.25) is 0 Å². The lowest BCUT2D eigenvalue weighted by atomic mass is 10.2. The van der Waals surface area contributed by atoms with E-state index in [0.717, 1.165) is 17.9 Å². The number of hydrogen-bond acceptors (Lipinski definition) is 4. The van der Waals surface area contributed by atoms with Crippen molar-refractivity contribution in [3.8, 4) is 11.5 Å². The second-order valence-corrected chi connectivity index (χ2v) is 6.48. The summed E-state index contributed by atoms with van der Waals surface area (Å²) in [5.74, 6) is 1.81. The van der Waals surface area contributed by atoms with Gasteiger partial charge in [-0.15, -0.1) is 0 Å². The number of rotatable bonds is 10. The molecule has 140 valence electrons. The van der Waals surface area contributed by atoms with Gasteiger partial charge in [-0.2, -0.15) is 0 Å². The van der Waals surface area contributed by atoms with Crippen LogP contribution in [-0.4, -0.2) is 25.7 Å². The van der Waals surface area contributed by atoms with Crippen molar-refractivity contribution in [3.63, 3.8) is 0 Å². The Kier molecular flexibility index (Phi) is 7.80. The second kappa shape index (κ2) is 10.3. The molecular formula is C21H28N2O3. The lowest BCUT2D eigenvalue weighted by Gasteiger charge is -2.14. The van der Waals surface area contributed by atoms with Crippen LogP contribution in [0, 0.1) is 5.92 Å². The summed E-state index contributed by atoms with van der Waals surface area (Å²) < 4.78 is 11.3. The summed E-state index contributed by atoms with van der Waals surface area (Å²) >= 11 is 0. The molecule has 0 aliphatic heterocycles. The van der Waals surface area contributed by atoms with E-state index in [-0.39, 0.29) is 12.5 Å². The molecule has 2 N–H and O–H groups in total. The van der Waals surface area contributed by atoms with E-state index in [4.69, 9.17) is 9.47 Å². The first-order chi connectivity index (χ1) is 12.6. The second-order valence-electron chi connectivity index (χ2n) is 6.48. The quantitative estimate of drug-likeness (QED) is 0.655. The maximum atomic E-state index is 12.2. The topological polar surface area (TPSA) is 59.6 Å². The monoisotopic (exact) mass is 356 g/mol. The van der Waals surface area contributed by atoms with Gasteiger partial charge in [-0.25, -0.2) is 0 Å². The van der Waals surface area contributed by atoms with Crippen molar-refractivity contribution in [1.29, 1.82) is 0 Å². The Hall–Kier alpha value is -2.69. The predicted molar refractivity (Wildman–Crippen MR) is 106 cm³/mol. The number of carbonyl (C=O) groups excluding carboxylic acids is 1. The van der Waals surface area contributed by atoms with Gasteiger partial charge in [-0.1, -0.05) is 32.9 Å². The van der Waals surface area contributed by atoms with Gasteiger partial charge >= 0.3 is 0 Å². The fraction of sp³-hybridized carbons (Fsp3) is 0.381. The van der Waals surface area contributed by atoms with Crippen molar-refractivity contribution in [1.82, 2.24) is 0 Å². The zero-order valence-corrected chi connectivity index (χ0v) is 15.7. The summed E-state index contributed by atoms with van der Waals surface area (Å²) in [7, 11) is 0. The van der Waals surface area contributed by atoms with E-state index in [1.807, 2.05) is 48.5 Å². The van der Waals surface area contributed by atoms with Crippen molar-refractivity contribution in [2.75, 3.05) is 30.4 Å². The highest BCUT2D eigenvalue weighted by Crippen LogP contribution is 2.24. The molecule has 0 unspecified atom stereocenters. The average Bonchev–Trinajstić information content (AvgIpc) is 2.64. The van der Waals surface area contributed by atoms with Crippen LogP contribution < -0.4 is 20.1 Å². The Morgan fingerprint density at radius 2 is 1.77 bits per heavy atom. The van der Waals surface area contributed by atoms with E-state index >= 15 is 0 Å². The molecule has 2 rings (SSSR count). The Morgan fingerprint density at radius 1 is 1.04 bits per heavy atom. The highest BCUT2D eigenvalue weighted by atomic mass is 16.5. The Bertz CT molecular complexity index is 684. The van der Waals surface area contributed by atoms with Crippen LogP contribution in [0.3, 0.4) is 0 Å². The molecule has 2 aromatic carbocycles. The lowest BCUT2D eigenvalue weighted by Crippen LogP contribution is -2.22. The molecular weight excluding hydrogens is 328 g/mol. The molecule has 0 spiro atoms. The van der Waals surface area contributed by atoms with Crippen LogP contribution in [-0.2, 0) is 4.79 Å². The molecule has 5 nitrogen and oxygen atoms in total. The van der Waals surface area contributed by atoms with E-state index in [2.05, 4.69) is 31.4 Å². The minimum absolute atomic E-state index is 0.128. The molecule has 0 aliphatic rings. The van der Waals surface area contributed by atoms with Crippen LogP contribution in [0.4, 0.5) is 11.4 Å². The van der Waals surface area contributed by atoms with Crippen LogP contribution in [0.5, 0.6) is 11.5 Å². The van der Waals surface area contributed by atoms with Crippen LogP contribution in [0.15, 0.2) is 48.5 Å². The number of nitrogens with one attached hydrogen (secondary N) is 2. The number of amides is 1. The zero-order valence-electron chi connectivity index (χ0n) is 15.7. The molecule has 0 radical (unpaired) electrons. The number of anilines is 2. The fourth-order valence-corrected chi connectivity index (χ4v) is 2.22. The van der Waals surface area contributed by atoms with Gasteiger partial charge < -0.3 is 20.1 Å². The van der Waals surface area contributed by atoms with Crippen molar-refractivity contribution in [2.24, 2.45) is 5.92 Å². The third kappa shape index (κ3) is 6.67. The SMILES string of the molecule is CCCOc1ccc(NCC(=O)Nc2ccccc2OCC(C)C)cc1. The Labute approximate surface area is 155 Å². The van der Waals surface area contributed by atoms with Gasteiger partial charge in [-0.05, 0) is 48.7 Å². The zero-order chi connectivity index (χ0) is 18.8. The summed E-state index contributed by atoms with van der Waals surface area (Å²) in [4.78, 5) is 12.2. The van der Waals surface area contributed by atoms with Gasteiger partial charge in [0, 0.05) is 5.69 Å². The van der Waals surface area contributed by atoms with Gasteiger partial charge in [0.1, 0.15) is 11.5 Å². The number of ether oxygens (including phenoxy) is 2. The molecule has 0 fully saturated rings. The summed E-state index contributed by atoms with van der Waals surface area (Å²) in [6.45, 7) is 7.73. The molecule has 0 heterocycles. The van der Waals surface area contributed by atoms with E-state index < -0.39 is 0 Å². The van der Waals surface area contributed by atoms with Crippen molar-refractivity contribution in [3.05, 3.63) is 48.5 Å². The first-order valence-corrected chi connectivity index (χ1v) is 9.07. The Morgan fingerprint density at radius 3 is 2.46 bits per heavy atom. The van der Waals surface area contributed by atoms with Gasteiger partial charge in [0.2, 0.25) is 5.91 Å². The smallest absolute Gasteiger partial charge is 0.243 e. The van der Waals surface area contributed by atoms with Crippen molar-refractivity contribution < 1.29 is 14.3 Å². The standard InChI is InChI=1S/C21H28N2O3/c1-4-13-25-18-11-9-17(10-12-18)22-14-21(24)23-19-7-5-6-8-20(19)26-15-16(2)3/h5-12,16,22H,4,13-15H2,1-3H3,(H,23,24). The van der Waals surface area contributed by atoms with E-state index in [1.165, 1.54) is 0 Å². The van der Waals surface area contributed by atoms with Crippen molar-refractivity contribution >= 4 is 17.3 Å². The van der Waals surface area contributed by atoms with Gasteiger partial charge in [0.25, 0.3) is 0 Å². The molecule has 26 heavy (non-hydrogen) atoms. The number of benzene rings is 2. The van der Waals surface area contributed by atoms with Gasteiger partial charge in [0.05, 0.1) is 25.4 Å². The minimum Gasteiger partial charge on any atom is -0.494 e. The minimum atomic E-state index is -0.128. The molecule has 0 saturated heterocycles. The van der Waals surface area contributed by atoms with Crippen LogP contribution >= 0.6 is 0 Å². The third-order valence-corrected chi connectivity index (χ3v) is 3.51. The highest BCUT2D eigenvalue weighted by molar-refractivity contribution is 5.95. The number of carbonyl (C=O) groups is 1. The molecule has 0 atom stereocenters. The summed E-state index contributed by atoms with van der Waals surface area (Å²) in [5.41, 5.74) is 1.55. The predicted octanol–water partition coefficient (Wildman–Crippen LogP) is 4.56. The van der Waals surface area contributed by atoms with Crippen molar-refractivity contribution in [2.45, 2.75) is 27.2 Å². The first kappa shape index (κ1) is 19.6. The molecule has 2 aromatic rings. The summed E-state index contributed by atoms with van der Waals surface area (Å²) in [5, 5.41) is 6.00. The summed E-state index contributed by atoms with van der Waals surface area (Å²) in [6.07, 6.45) is 0.975. The van der Waals surface area contributed by atoms with Gasteiger partial charge in [-0.3, -0.25) is 4.79 Å². The normalized spacial score (nSPS) is 10.5. The first-order valence-electron chi connectivity index (χ1n) is 9.07.